The summed E-state index contributed by atoms with van der Waals surface area (Å²) in [5.41, 5.74) is 0.725. The molecule has 0 aromatic heterocycles. The standard InChI is InChI=1S/C20H21NO4/c22-19(20(11-4-12-24-20)15-5-2-1-3-6-15)21-16-7-9-17(10-8-16)25-18-13-23-14-18/h1-3,5-10,18H,4,11-14H2,(H,21,22). The van der Waals surface area contributed by atoms with Crippen molar-refractivity contribution < 1.29 is 19.0 Å². The SMILES string of the molecule is O=C(Nc1ccc(OC2COC2)cc1)C1(c2ccccc2)CCCO1. The minimum absolute atomic E-state index is 0.128. The zero-order valence-electron chi connectivity index (χ0n) is 13.9. The smallest absolute Gasteiger partial charge is 0.261 e. The lowest BCUT2D eigenvalue weighted by Crippen LogP contribution is -2.39. The number of ether oxygens (including phenoxy) is 3. The fourth-order valence-electron chi connectivity index (χ4n) is 3.21. The fourth-order valence-corrected chi connectivity index (χ4v) is 3.21. The van der Waals surface area contributed by atoms with Gasteiger partial charge in [0, 0.05) is 12.3 Å². The molecule has 4 rings (SSSR count). The highest BCUT2D eigenvalue weighted by molar-refractivity contribution is 5.98. The van der Waals surface area contributed by atoms with Gasteiger partial charge in [0.1, 0.15) is 11.9 Å². The van der Waals surface area contributed by atoms with Crippen molar-refractivity contribution in [3.63, 3.8) is 0 Å². The number of hydrogen-bond donors (Lipinski definition) is 1. The third-order valence-corrected chi connectivity index (χ3v) is 4.65. The van der Waals surface area contributed by atoms with Crippen molar-refractivity contribution in [2.24, 2.45) is 0 Å². The molecular weight excluding hydrogens is 318 g/mol. The molecule has 1 unspecified atom stereocenters. The van der Waals surface area contributed by atoms with Gasteiger partial charge in [-0.25, -0.2) is 0 Å². The Morgan fingerprint density at radius 3 is 2.44 bits per heavy atom. The molecular formula is C20H21NO4. The molecule has 2 aliphatic rings. The van der Waals surface area contributed by atoms with Crippen molar-refractivity contribution in [3.8, 4) is 5.75 Å². The Hall–Kier alpha value is -2.37. The van der Waals surface area contributed by atoms with Gasteiger partial charge < -0.3 is 19.5 Å². The van der Waals surface area contributed by atoms with E-state index in [2.05, 4.69) is 5.32 Å². The van der Waals surface area contributed by atoms with Gasteiger partial charge >= 0.3 is 0 Å². The largest absolute Gasteiger partial charge is 0.486 e. The molecule has 5 heteroatoms. The molecule has 2 saturated heterocycles. The van der Waals surface area contributed by atoms with Crippen LogP contribution in [0, 0.1) is 0 Å². The van der Waals surface area contributed by atoms with Crippen LogP contribution >= 0.6 is 0 Å². The Kier molecular flexibility index (Phi) is 4.42. The van der Waals surface area contributed by atoms with Gasteiger partial charge in [0.2, 0.25) is 0 Å². The molecule has 130 valence electrons. The van der Waals surface area contributed by atoms with E-state index in [0.29, 0.717) is 26.2 Å². The molecule has 0 aliphatic carbocycles. The summed E-state index contributed by atoms with van der Waals surface area (Å²) in [6.45, 7) is 1.86. The van der Waals surface area contributed by atoms with Crippen molar-refractivity contribution in [1.29, 1.82) is 0 Å². The van der Waals surface area contributed by atoms with Crippen LogP contribution in [0.15, 0.2) is 54.6 Å². The minimum Gasteiger partial charge on any atom is -0.486 e. The van der Waals surface area contributed by atoms with Crippen LogP contribution in [0.4, 0.5) is 5.69 Å². The van der Waals surface area contributed by atoms with Gasteiger partial charge in [-0.1, -0.05) is 30.3 Å². The fraction of sp³-hybridized carbons (Fsp3) is 0.350. The van der Waals surface area contributed by atoms with Crippen LogP contribution in [0.25, 0.3) is 0 Å². The van der Waals surface area contributed by atoms with Crippen molar-refractivity contribution in [2.45, 2.75) is 24.5 Å². The zero-order valence-corrected chi connectivity index (χ0v) is 13.9. The normalized spacial score (nSPS) is 23.0. The van der Waals surface area contributed by atoms with Crippen molar-refractivity contribution in [1.82, 2.24) is 0 Å². The van der Waals surface area contributed by atoms with E-state index in [9.17, 15) is 4.79 Å². The Labute approximate surface area is 146 Å². The van der Waals surface area contributed by atoms with Gasteiger partial charge in [0.05, 0.1) is 13.2 Å². The number of benzene rings is 2. The Bertz CT molecular complexity index is 719. The highest BCUT2D eigenvalue weighted by atomic mass is 16.6. The van der Waals surface area contributed by atoms with Gasteiger partial charge in [0.15, 0.2) is 5.60 Å². The van der Waals surface area contributed by atoms with Crippen LogP contribution < -0.4 is 10.1 Å². The second-order valence-electron chi connectivity index (χ2n) is 6.40. The molecule has 2 aromatic carbocycles. The summed E-state index contributed by atoms with van der Waals surface area (Å²) in [6.07, 6.45) is 1.69. The number of nitrogens with one attached hydrogen (secondary N) is 1. The van der Waals surface area contributed by atoms with E-state index in [1.165, 1.54) is 0 Å². The molecule has 0 saturated carbocycles. The highest BCUT2D eigenvalue weighted by Crippen LogP contribution is 2.37. The van der Waals surface area contributed by atoms with E-state index in [1.54, 1.807) is 0 Å². The maximum atomic E-state index is 13.0. The van der Waals surface area contributed by atoms with Gasteiger partial charge in [-0.2, -0.15) is 0 Å². The molecule has 25 heavy (non-hydrogen) atoms. The monoisotopic (exact) mass is 339 g/mol. The summed E-state index contributed by atoms with van der Waals surface area (Å²) >= 11 is 0. The van der Waals surface area contributed by atoms with E-state index in [-0.39, 0.29) is 12.0 Å². The molecule has 1 N–H and O–H groups in total. The topological polar surface area (TPSA) is 56.8 Å². The predicted molar refractivity (Wildman–Crippen MR) is 93.6 cm³/mol. The third-order valence-electron chi connectivity index (χ3n) is 4.65. The van der Waals surface area contributed by atoms with E-state index in [0.717, 1.165) is 23.4 Å². The zero-order chi connectivity index (χ0) is 17.1. The number of amides is 1. The first-order valence-corrected chi connectivity index (χ1v) is 8.62. The molecule has 0 spiro atoms. The van der Waals surface area contributed by atoms with Crippen LogP contribution in [-0.4, -0.2) is 31.8 Å². The first kappa shape index (κ1) is 16.1. The second-order valence-corrected chi connectivity index (χ2v) is 6.40. The quantitative estimate of drug-likeness (QED) is 0.909. The summed E-state index contributed by atoms with van der Waals surface area (Å²) in [5, 5.41) is 2.99. The summed E-state index contributed by atoms with van der Waals surface area (Å²) in [7, 11) is 0. The Balaban J connectivity index is 1.48. The van der Waals surface area contributed by atoms with Crippen LogP contribution in [0.3, 0.4) is 0 Å². The predicted octanol–water partition coefficient (Wildman–Crippen LogP) is 3.11. The number of carbonyl (C=O) groups is 1. The molecule has 5 nitrogen and oxygen atoms in total. The molecule has 0 radical (unpaired) electrons. The molecule has 0 bridgehead atoms. The Morgan fingerprint density at radius 1 is 1.08 bits per heavy atom. The summed E-state index contributed by atoms with van der Waals surface area (Å²) in [6, 6.07) is 17.1. The number of anilines is 1. The lowest BCUT2D eigenvalue weighted by Gasteiger charge is -2.28. The van der Waals surface area contributed by atoms with Crippen molar-refractivity contribution >= 4 is 11.6 Å². The molecule has 1 amide bonds. The van der Waals surface area contributed by atoms with Crippen LogP contribution in [-0.2, 0) is 19.9 Å². The average molecular weight is 339 g/mol. The van der Waals surface area contributed by atoms with E-state index in [4.69, 9.17) is 14.2 Å². The van der Waals surface area contributed by atoms with Crippen molar-refractivity contribution in [2.75, 3.05) is 25.1 Å². The van der Waals surface area contributed by atoms with Gasteiger partial charge in [-0.3, -0.25) is 4.79 Å². The Morgan fingerprint density at radius 2 is 1.84 bits per heavy atom. The maximum Gasteiger partial charge on any atom is 0.261 e. The van der Waals surface area contributed by atoms with Crippen LogP contribution in [0.2, 0.25) is 0 Å². The first-order valence-electron chi connectivity index (χ1n) is 8.62. The molecule has 2 aromatic rings. The number of carbonyl (C=O) groups excluding carboxylic acids is 1. The summed E-state index contributed by atoms with van der Waals surface area (Å²) in [5.74, 6) is 0.651. The summed E-state index contributed by atoms with van der Waals surface area (Å²) in [4.78, 5) is 13.0. The van der Waals surface area contributed by atoms with Gasteiger partial charge in [-0.05, 0) is 42.7 Å². The molecule has 1 atom stereocenters. The highest BCUT2D eigenvalue weighted by Gasteiger charge is 2.44. The van der Waals surface area contributed by atoms with Crippen LogP contribution in [0.1, 0.15) is 18.4 Å². The molecule has 2 heterocycles. The van der Waals surface area contributed by atoms with Crippen LogP contribution in [0.5, 0.6) is 5.75 Å². The van der Waals surface area contributed by atoms with E-state index < -0.39 is 5.60 Å². The van der Waals surface area contributed by atoms with E-state index in [1.807, 2.05) is 54.6 Å². The van der Waals surface area contributed by atoms with E-state index >= 15 is 0 Å². The summed E-state index contributed by atoms with van der Waals surface area (Å²) < 4.78 is 16.7. The van der Waals surface area contributed by atoms with Gasteiger partial charge in [0.25, 0.3) is 5.91 Å². The minimum atomic E-state index is -0.903. The number of hydrogen-bond acceptors (Lipinski definition) is 4. The maximum absolute atomic E-state index is 13.0. The molecule has 2 fully saturated rings. The number of rotatable bonds is 5. The lowest BCUT2D eigenvalue weighted by atomic mass is 9.90. The third kappa shape index (κ3) is 3.25. The second kappa shape index (κ2) is 6.86. The first-order chi connectivity index (χ1) is 12.3. The van der Waals surface area contributed by atoms with Gasteiger partial charge in [-0.15, -0.1) is 0 Å². The molecule has 2 aliphatic heterocycles. The van der Waals surface area contributed by atoms with Crippen molar-refractivity contribution in [3.05, 3.63) is 60.2 Å². The lowest BCUT2D eigenvalue weighted by molar-refractivity contribution is -0.136. The average Bonchev–Trinajstić information content (AvgIpc) is 3.11.